The predicted octanol–water partition coefficient (Wildman–Crippen LogP) is 3.56. The molecular formula is C14H23N. The third kappa shape index (κ3) is 1.43. The Morgan fingerprint density at radius 1 is 0.800 bits per heavy atom. The first-order valence-electron chi connectivity index (χ1n) is 6.82. The molecule has 3 fully saturated rings. The highest BCUT2D eigenvalue weighted by Crippen LogP contribution is 2.48. The van der Waals surface area contributed by atoms with Crippen molar-refractivity contribution in [3.05, 3.63) is 12.8 Å². The number of hydrogen-bond acceptors (Lipinski definition) is 1. The maximum atomic E-state index is 4.05. The van der Waals surface area contributed by atoms with Crippen LogP contribution in [0.4, 0.5) is 0 Å². The molecule has 0 aromatic heterocycles. The highest BCUT2D eigenvalue weighted by atomic mass is 15.2. The van der Waals surface area contributed by atoms with Crippen LogP contribution in [0, 0.1) is 11.8 Å². The molecule has 15 heavy (non-hydrogen) atoms. The van der Waals surface area contributed by atoms with Crippen molar-refractivity contribution in [3.8, 4) is 0 Å². The van der Waals surface area contributed by atoms with Crippen molar-refractivity contribution in [3.63, 3.8) is 0 Å². The van der Waals surface area contributed by atoms with Crippen LogP contribution >= 0.6 is 0 Å². The summed E-state index contributed by atoms with van der Waals surface area (Å²) in [5.74, 6) is 2.03. The molecule has 2 aliphatic carbocycles. The van der Waals surface area contributed by atoms with Gasteiger partial charge in [-0.25, -0.2) is 0 Å². The van der Waals surface area contributed by atoms with Gasteiger partial charge < -0.3 is 4.90 Å². The number of fused-ring (bicyclic) bond motifs is 3. The Kier molecular flexibility index (Phi) is 2.50. The van der Waals surface area contributed by atoms with E-state index >= 15 is 0 Å². The summed E-state index contributed by atoms with van der Waals surface area (Å²) in [5, 5.41) is 0. The standard InChI is InChI=1S/C14H23N/c1-2-15-13-9-5-3-7-11(13)12-8-4-6-10-14(12)15/h2,11-14H,1,3-10H2. The van der Waals surface area contributed by atoms with E-state index < -0.39 is 0 Å². The molecule has 3 rings (SSSR count). The van der Waals surface area contributed by atoms with Crippen LogP contribution in [0.5, 0.6) is 0 Å². The molecule has 3 aliphatic rings. The second-order valence-electron chi connectivity index (χ2n) is 5.66. The molecule has 0 bridgehead atoms. The van der Waals surface area contributed by atoms with Crippen LogP contribution in [0.1, 0.15) is 51.4 Å². The fraction of sp³-hybridized carbons (Fsp3) is 0.857. The average molecular weight is 205 g/mol. The summed E-state index contributed by atoms with van der Waals surface area (Å²) >= 11 is 0. The maximum Gasteiger partial charge on any atom is 0.0318 e. The lowest BCUT2D eigenvalue weighted by Gasteiger charge is -2.33. The van der Waals surface area contributed by atoms with Crippen LogP contribution in [0.3, 0.4) is 0 Å². The smallest absolute Gasteiger partial charge is 0.0318 e. The molecule has 0 spiro atoms. The minimum Gasteiger partial charge on any atom is -0.371 e. The third-order valence-electron chi connectivity index (χ3n) is 5.09. The Bertz CT molecular complexity index is 226. The Morgan fingerprint density at radius 3 is 1.73 bits per heavy atom. The van der Waals surface area contributed by atoms with Crippen LogP contribution in [0.25, 0.3) is 0 Å². The largest absolute Gasteiger partial charge is 0.371 e. The molecule has 2 saturated carbocycles. The highest BCUT2D eigenvalue weighted by molar-refractivity contribution is 5.05. The summed E-state index contributed by atoms with van der Waals surface area (Å²) < 4.78 is 0. The van der Waals surface area contributed by atoms with E-state index in [0.29, 0.717) is 0 Å². The monoisotopic (exact) mass is 205 g/mol. The fourth-order valence-electron chi connectivity index (χ4n) is 4.54. The van der Waals surface area contributed by atoms with Gasteiger partial charge in [0.15, 0.2) is 0 Å². The van der Waals surface area contributed by atoms with Gasteiger partial charge in [0.2, 0.25) is 0 Å². The molecule has 0 aromatic carbocycles. The van der Waals surface area contributed by atoms with Crippen LogP contribution in [0.15, 0.2) is 12.8 Å². The van der Waals surface area contributed by atoms with Gasteiger partial charge in [0.1, 0.15) is 0 Å². The molecular weight excluding hydrogens is 182 g/mol. The summed E-state index contributed by atoms with van der Waals surface area (Å²) in [4.78, 5) is 2.65. The summed E-state index contributed by atoms with van der Waals surface area (Å²) in [5.41, 5.74) is 0. The summed E-state index contributed by atoms with van der Waals surface area (Å²) in [6.07, 6.45) is 13.9. The quantitative estimate of drug-likeness (QED) is 0.632. The van der Waals surface area contributed by atoms with Gasteiger partial charge in [0, 0.05) is 12.1 Å². The number of hydrogen-bond donors (Lipinski definition) is 0. The minimum atomic E-state index is 0.865. The molecule has 1 nitrogen and oxygen atoms in total. The number of likely N-dealkylation sites (tertiary alicyclic amines) is 1. The maximum absolute atomic E-state index is 4.05. The molecule has 0 radical (unpaired) electrons. The van der Waals surface area contributed by atoms with E-state index in [-0.39, 0.29) is 0 Å². The van der Waals surface area contributed by atoms with Gasteiger partial charge >= 0.3 is 0 Å². The Balaban J connectivity index is 1.86. The molecule has 0 aromatic rings. The van der Waals surface area contributed by atoms with E-state index in [4.69, 9.17) is 0 Å². The first-order valence-corrected chi connectivity index (χ1v) is 6.82. The normalized spacial score (nSPS) is 44.7. The van der Waals surface area contributed by atoms with E-state index in [0.717, 1.165) is 23.9 Å². The van der Waals surface area contributed by atoms with Crippen molar-refractivity contribution in [2.45, 2.75) is 63.5 Å². The van der Waals surface area contributed by atoms with E-state index in [1.165, 1.54) is 51.4 Å². The highest BCUT2D eigenvalue weighted by Gasteiger charge is 2.48. The zero-order valence-corrected chi connectivity index (χ0v) is 9.70. The van der Waals surface area contributed by atoms with Crippen molar-refractivity contribution in [1.82, 2.24) is 4.90 Å². The second kappa shape index (κ2) is 3.84. The molecule has 4 atom stereocenters. The van der Waals surface area contributed by atoms with Crippen LogP contribution in [0.2, 0.25) is 0 Å². The molecule has 0 N–H and O–H groups in total. The van der Waals surface area contributed by atoms with Crippen molar-refractivity contribution in [2.24, 2.45) is 11.8 Å². The number of rotatable bonds is 1. The van der Waals surface area contributed by atoms with Crippen molar-refractivity contribution in [2.75, 3.05) is 0 Å². The second-order valence-corrected chi connectivity index (χ2v) is 5.66. The molecule has 1 heterocycles. The average Bonchev–Trinajstić information content (AvgIpc) is 2.63. The summed E-state index contributed by atoms with van der Waals surface area (Å²) in [7, 11) is 0. The van der Waals surface area contributed by atoms with Gasteiger partial charge in [-0.3, -0.25) is 0 Å². The topological polar surface area (TPSA) is 3.24 Å². The van der Waals surface area contributed by atoms with E-state index in [1.54, 1.807) is 0 Å². The minimum absolute atomic E-state index is 0.865. The van der Waals surface area contributed by atoms with E-state index in [2.05, 4.69) is 17.7 Å². The number of nitrogens with zero attached hydrogens (tertiary/aromatic N) is 1. The third-order valence-corrected chi connectivity index (χ3v) is 5.09. The van der Waals surface area contributed by atoms with Crippen LogP contribution in [-0.2, 0) is 0 Å². The molecule has 1 saturated heterocycles. The molecule has 4 unspecified atom stereocenters. The summed E-state index contributed by atoms with van der Waals surface area (Å²) in [6.45, 7) is 4.05. The Morgan fingerprint density at radius 2 is 1.27 bits per heavy atom. The Hall–Kier alpha value is -0.460. The van der Waals surface area contributed by atoms with E-state index in [1.807, 2.05) is 0 Å². The van der Waals surface area contributed by atoms with Crippen LogP contribution < -0.4 is 0 Å². The van der Waals surface area contributed by atoms with Crippen LogP contribution in [-0.4, -0.2) is 17.0 Å². The lowest BCUT2D eigenvalue weighted by atomic mass is 9.73. The van der Waals surface area contributed by atoms with Crippen molar-refractivity contribution in [1.29, 1.82) is 0 Å². The van der Waals surface area contributed by atoms with Gasteiger partial charge in [-0.2, -0.15) is 0 Å². The first kappa shape index (κ1) is 9.74. The SMILES string of the molecule is C=CN1C2CCCCC2C2CCCCC21. The lowest BCUT2D eigenvalue weighted by molar-refractivity contribution is 0.204. The zero-order chi connectivity index (χ0) is 10.3. The van der Waals surface area contributed by atoms with Gasteiger partial charge in [-0.15, -0.1) is 0 Å². The molecule has 84 valence electrons. The first-order chi connectivity index (χ1) is 7.42. The Labute approximate surface area is 93.5 Å². The van der Waals surface area contributed by atoms with Gasteiger partial charge in [0.05, 0.1) is 0 Å². The van der Waals surface area contributed by atoms with Crippen molar-refractivity contribution >= 4 is 0 Å². The van der Waals surface area contributed by atoms with Gasteiger partial charge in [0.25, 0.3) is 0 Å². The molecule has 0 amide bonds. The van der Waals surface area contributed by atoms with Gasteiger partial charge in [-0.05, 0) is 43.7 Å². The lowest BCUT2D eigenvalue weighted by Crippen LogP contribution is -2.35. The molecule has 1 aliphatic heterocycles. The summed E-state index contributed by atoms with van der Waals surface area (Å²) in [6, 6.07) is 1.73. The van der Waals surface area contributed by atoms with Gasteiger partial charge in [-0.1, -0.05) is 32.3 Å². The van der Waals surface area contributed by atoms with Crippen molar-refractivity contribution < 1.29 is 0 Å². The van der Waals surface area contributed by atoms with E-state index in [9.17, 15) is 0 Å². The molecule has 1 heteroatoms. The zero-order valence-electron chi connectivity index (χ0n) is 9.70. The fourth-order valence-corrected chi connectivity index (χ4v) is 4.54. The predicted molar refractivity (Wildman–Crippen MR) is 63.5 cm³/mol.